The van der Waals surface area contributed by atoms with E-state index in [2.05, 4.69) is 6.92 Å². The molecule has 0 aliphatic rings. The van der Waals surface area contributed by atoms with Crippen molar-refractivity contribution in [2.45, 2.75) is 90.1 Å². The summed E-state index contributed by atoms with van der Waals surface area (Å²) in [5, 5.41) is 19.1. The monoisotopic (exact) mass is 561 g/mol. The highest BCUT2D eigenvalue weighted by Gasteiger charge is 2.28. The SMILES string of the molecule is CCCCCCCCC(O)C=CCCCCOc1ccc(N(S(C)(=O)=O)S(C)(=O)=O)cc1CCC(=O)O. The van der Waals surface area contributed by atoms with Crippen LogP contribution in [0.4, 0.5) is 5.69 Å². The van der Waals surface area contributed by atoms with Gasteiger partial charge in [-0.25, -0.2) is 16.8 Å². The van der Waals surface area contributed by atoms with E-state index >= 15 is 0 Å². The molecule has 0 heterocycles. The Hall–Kier alpha value is -2.11. The van der Waals surface area contributed by atoms with Crippen LogP contribution in [0, 0.1) is 0 Å². The Morgan fingerprint density at radius 2 is 1.65 bits per heavy atom. The number of aliphatic hydroxyl groups excluding tert-OH is 1. The van der Waals surface area contributed by atoms with Crippen LogP contribution in [0.3, 0.4) is 0 Å². The zero-order valence-corrected chi connectivity index (χ0v) is 23.9. The van der Waals surface area contributed by atoms with Gasteiger partial charge in [-0.15, -0.1) is 0 Å². The fourth-order valence-corrected chi connectivity index (χ4v) is 6.88. The maximum Gasteiger partial charge on any atom is 0.303 e. The van der Waals surface area contributed by atoms with Crippen LogP contribution < -0.4 is 8.45 Å². The second-order valence-electron chi connectivity index (χ2n) is 9.31. The van der Waals surface area contributed by atoms with Gasteiger partial charge < -0.3 is 14.9 Å². The van der Waals surface area contributed by atoms with Crippen molar-refractivity contribution in [2.75, 3.05) is 22.8 Å². The number of hydrogen-bond acceptors (Lipinski definition) is 7. The average Bonchev–Trinajstić information content (AvgIpc) is 2.78. The van der Waals surface area contributed by atoms with Gasteiger partial charge in [-0.3, -0.25) is 4.79 Å². The Morgan fingerprint density at radius 3 is 2.27 bits per heavy atom. The van der Waals surface area contributed by atoms with Crippen LogP contribution in [0.5, 0.6) is 5.75 Å². The number of unbranched alkanes of at least 4 members (excludes halogenated alkanes) is 7. The molecule has 1 unspecified atom stereocenters. The molecule has 9 nitrogen and oxygen atoms in total. The van der Waals surface area contributed by atoms with Crippen LogP contribution in [-0.2, 0) is 31.3 Å². The predicted molar refractivity (Wildman–Crippen MR) is 147 cm³/mol. The first-order valence-electron chi connectivity index (χ1n) is 12.9. The van der Waals surface area contributed by atoms with Gasteiger partial charge in [-0.2, -0.15) is 3.71 Å². The molecule has 1 atom stereocenters. The van der Waals surface area contributed by atoms with Crippen LogP contribution >= 0.6 is 0 Å². The zero-order chi connectivity index (χ0) is 27.9. The fraction of sp³-hybridized carbons (Fsp3) is 0.654. The van der Waals surface area contributed by atoms with Gasteiger partial charge in [0.05, 0.1) is 30.9 Å². The van der Waals surface area contributed by atoms with Crippen molar-refractivity contribution in [3.8, 4) is 5.75 Å². The van der Waals surface area contributed by atoms with E-state index in [1.54, 1.807) is 0 Å². The lowest BCUT2D eigenvalue weighted by molar-refractivity contribution is -0.136. The van der Waals surface area contributed by atoms with Crippen LogP contribution in [0.2, 0.25) is 0 Å². The Kier molecular flexibility index (Phi) is 14.8. The Bertz CT molecular complexity index is 1040. The summed E-state index contributed by atoms with van der Waals surface area (Å²) in [6.45, 7) is 2.55. The van der Waals surface area contributed by atoms with Gasteiger partial charge >= 0.3 is 5.97 Å². The molecule has 11 heteroatoms. The van der Waals surface area contributed by atoms with Crippen molar-refractivity contribution < 1.29 is 36.6 Å². The lowest BCUT2D eigenvalue weighted by Gasteiger charge is -2.21. The van der Waals surface area contributed by atoms with E-state index in [4.69, 9.17) is 9.84 Å². The summed E-state index contributed by atoms with van der Waals surface area (Å²) in [6.07, 6.45) is 15.1. The molecule has 0 amide bonds. The van der Waals surface area contributed by atoms with Crippen molar-refractivity contribution in [1.82, 2.24) is 0 Å². The van der Waals surface area contributed by atoms with E-state index in [1.807, 2.05) is 12.2 Å². The lowest BCUT2D eigenvalue weighted by atomic mass is 10.1. The molecule has 212 valence electrons. The normalized spacial score (nSPS) is 13.1. The number of hydrogen-bond donors (Lipinski definition) is 2. The smallest absolute Gasteiger partial charge is 0.303 e. The molecule has 0 bridgehead atoms. The van der Waals surface area contributed by atoms with Gasteiger partial charge in [0.2, 0.25) is 20.0 Å². The van der Waals surface area contributed by atoms with E-state index in [0.717, 1.165) is 51.0 Å². The quantitative estimate of drug-likeness (QED) is 0.173. The maximum absolute atomic E-state index is 12.1. The number of carbonyl (C=O) groups is 1. The van der Waals surface area contributed by atoms with Crippen LogP contribution in [0.25, 0.3) is 0 Å². The summed E-state index contributed by atoms with van der Waals surface area (Å²) >= 11 is 0. The summed E-state index contributed by atoms with van der Waals surface area (Å²) in [6, 6.07) is 4.14. The third-order valence-electron chi connectivity index (χ3n) is 5.70. The Labute approximate surface area is 222 Å². The topological polar surface area (TPSA) is 138 Å². The number of benzene rings is 1. The number of aliphatic carboxylic acids is 1. The molecule has 37 heavy (non-hydrogen) atoms. The van der Waals surface area contributed by atoms with Crippen molar-refractivity contribution in [3.63, 3.8) is 0 Å². The van der Waals surface area contributed by atoms with Gasteiger partial charge in [-0.1, -0.05) is 57.6 Å². The molecule has 0 aromatic heterocycles. The first-order valence-corrected chi connectivity index (χ1v) is 16.6. The summed E-state index contributed by atoms with van der Waals surface area (Å²) in [7, 11) is -8.24. The van der Waals surface area contributed by atoms with Gasteiger partial charge in [0.15, 0.2) is 0 Å². The first-order chi connectivity index (χ1) is 17.4. The highest BCUT2D eigenvalue weighted by atomic mass is 32.3. The van der Waals surface area contributed by atoms with Gasteiger partial charge in [-0.05, 0) is 55.9 Å². The van der Waals surface area contributed by atoms with E-state index in [-0.39, 0.29) is 18.5 Å². The number of aliphatic hydroxyl groups is 1. The van der Waals surface area contributed by atoms with Crippen molar-refractivity contribution in [3.05, 3.63) is 35.9 Å². The zero-order valence-electron chi connectivity index (χ0n) is 22.3. The van der Waals surface area contributed by atoms with Gasteiger partial charge in [0.25, 0.3) is 0 Å². The second-order valence-corrected chi connectivity index (χ2v) is 13.2. The molecule has 0 spiro atoms. The molecule has 1 aromatic rings. The molecule has 0 aliphatic heterocycles. The molecule has 0 radical (unpaired) electrons. The second kappa shape index (κ2) is 16.7. The molecule has 2 N–H and O–H groups in total. The van der Waals surface area contributed by atoms with Crippen LogP contribution in [-0.4, -0.2) is 58.2 Å². The minimum absolute atomic E-state index is 0.0547. The molecule has 1 rings (SSSR count). The van der Waals surface area contributed by atoms with E-state index in [9.17, 15) is 26.7 Å². The van der Waals surface area contributed by atoms with E-state index in [0.29, 0.717) is 21.6 Å². The number of allylic oxidation sites excluding steroid dienone is 1. The summed E-state index contributed by atoms with van der Waals surface area (Å²) < 4.78 is 54.5. The van der Waals surface area contributed by atoms with Crippen molar-refractivity contribution in [1.29, 1.82) is 0 Å². The summed E-state index contributed by atoms with van der Waals surface area (Å²) in [5.74, 6) is -0.651. The third-order valence-corrected chi connectivity index (χ3v) is 8.95. The highest BCUT2D eigenvalue weighted by molar-refractivity contribution is 8.09. The number of nitrogens with zero attached hydrogens (tertiary/aromatic N) is 1. The van der Waals surface area contributed by atoms with Gasteiger partial charge in [0, 0.05) is 6.42 Å². The van der Waals surface area contributed by atoms with Crippen molar-refractivity contribution >= 4 is 31.7 Å². The number of sulfonamides is 2. The third kappa shape index (κ3) is 13.8. The molecule has 1 aromatic carbocycles. The minimum atomic E-state index is -4.12. The molecular weight excluding hydrogens is 518 g/mol. The number of ether oxygens (including phenoxy) is 1. The van der Waals surface area contributed by atoms with E-state index in [1.165, 1.54) is 43.9 Å². The van der Waals surface area contributed by atoms with Gasteiger partial charge in [0.1, 0.15) is 5.75 Å². The predicted octanol–water partition coefficient (Wildman–Crippen LogP) is 4.65. The van der Waals surface area contributed by atoms with Crippen molar-refractivity contribution in [2.24, 2.45) is 0 Å². The average molecular weight is 562 g/mol. The first kappa shape index (κ1) is 32.9. The molecular formula is C26H43NO8S2. The maximum atomic E-state index is 12.1. The standard InChI is InChI=1S/C26H43NO8S2/c1-4-5-6-7-8-11-14-24(28)15-12-9-10-13-20-35-25-18-17-23(21-22(25)16-19-26(29)30)27(36(2,31)32)37(3,33)34/h12,15,17-18,21,24,28H,4-11,13-14,16,19-20H2,1-3H3,(H,29,30). The number of carboxylic acid groups (broad SMARTS) is 1. The highest BCUT2D eigenvalue weighted by Crippen LogP contribution is 2.29. The molecule has 0 saturated heterocycles. The molecule has 0 aliphatic carbocycles. The Balaban J connectivity index is 2.62. The van der Waals surface area contributed by atoms with Crippen LogP contribution in [0.1, 0.15) is 83.1 Å². The summed E-state index contributed by atoms with van der Waals surface area (Å²) in [4.78, 5) is 11.1. The van der Waals surface area contributed by atoms with E-state index < -0.39 is 32.1 Å². The summed E-state index contributed by atoms with van der Waals surface area (Å²) in [5.41, 5.74) is 0.317. The molecule has 0 fully saturated rings. The number of aryl methyl sites for hydroxylation is 1. The Morgan fingerprint density at radius 1 is 1.00 bits per heavy atom. The van der Waals surface area contributed by atoms with Crippen LogP contribution in [0.15, 0.2) is 30.4 Å². The number of carboxylic acids is 1. The number of anilines is 1. The lowest BCUT2D eigenvalue weighted by Crippen LogP contribution is -2.35. The fourth-order valence-electron chi connectivity index (χ4n) is 3.92. The minimum Gasteiger partial charge on any atom is -0.493 e. The molecule has 0 saturated carbocycles. The largest absolute Gasteiger partial charge is 0.493 e. The number of rotatable bonds is 20.